The van der Waals surface area contributed by atoms with Gasteiger partial charge in [0.25, 0.3) is 15.6 Å². The van der Waals surface area contributed by atoms with Gasteiger partial charge in [-0.1, -0.05) is 0 Å². The molecule has 0 bridgehead atoms. The Kier molecular flexibility index (Phi) is 3.39. The van der Waals surface area contributed by atoms with E-state index in [9.17, 15) is 17.6 Å². The van der Waals surface area contributed by atoms with Crippen molar-refractivity contribution < 1.29 is 12.8 Å². The van der Waals surface area contributed by atoms with Crippen LogP contribution in [0.25, 0.3) is 0 Å². The van der Waals surface area contributed by atoms with Crippen LogP contribution in [0.2, 0.25) is 0 Å². The minimum absolute atomic E-state index is 0.0721. The van der Waals surface area contributed by atoms with E-state index in [4.69, 9.17) is 0 Å². The molecule has 19 heavy (non-hydrogen) atoms. The molecule has 0 fully saturated rings. The van der Waals surface area contributed by atoms with Gasteiger partial charge in [0.2, 0.25) is 0 Å². The number of halogens is 1. The number of H-pyrrole nitrogens is 1. The highest BCUT2D eigenvalue weighted by atomic mass is 32.2. The van der Waals surface area contributed by atoms with Crippen molar-refractivity contribution in [1.29, 1.82) is 0 Å². The van der Waals surface area contributed by atoms with Gasteiger partial charge >= 0.3 is 0 Å². The molecule has 0 aliphatic rings. The average Bonchev–Trinajstić information content (AvgIpc) is 2.31. The van der Waals surface area contributed by atoms with Crippen molar-refractivity contribution in [2.75, 3.05) is 4.72 Å². The normalized spacial score (nSPS) is 11.3. The van der Waals surface area contributed by atoms with E-state index in [0.29, 0.717) is 0 Å². The zero-order valence-corrected chi connectivity index (χ0v) is 10.8. The minimum Gasteiger partial charge on any atom is -0.327 e. The summed E-state index contributed by atoms with van der Waals surface area (Å²) in [4.78, 5) is 13.7. The molecule has 2 N–H and O–H groups in total. The number of sulfonamides is 1. The Balaban J connectivity index is 2.44. The number of hydrogen-bond donors (Lipinski definition) is 2. The summed E-state index contributed by atoms with van der Waals surface area (Å²) in [5.74, 6) is -0.519. The van der Waals surface area contributed by atoms with Gasteiger partial charge in [-0.2, -0.15) is 0 Å². The van der Waals surface area contributed by atoms with E-state index in [-0.39, 0.29) is 16.1 Å². The smallest absolute Gasteiger partial charge is 0.272 e. The molecule has 0 saturated heterocycles. The highest BCUT2D eigenvalue weighted by Gasteiger charge is 2.18. The summed E-state index contributed by atoms with van der Waals surface area (Å²) in [6.07, 6.45) is 1.39. The van der Waals surface area contributed by atoms with Crippen LogP contribution in [-0.4, -0.2) is 13.4 Å². The first-order valence-corrected chi connectivity index (χ1v) is 6.85. The molecular formula is C12H11FN2O3S. The third-order valence-electron chi connectivity index (χ3n) is 2.49. The molecule has 5 nitrogen and oxygen atoms in total. The number of anilines is 1. The van der Waals surface area contributed by atoms with Crippen molar-refractivity contribution in [3.05, 3.63) is 58.3 Å². The van der Waals surface area contributed by atoms with Gasteiger partial charge < -0.3 is 4.98 Å². The average molecular weight is 282 g/mol. The van der Waals surface area contributed by atoms with Crippen LogP contribution in [0, 0.1) is 12.7 Å². The molecule has 0 aliphatic heterocycles. The van der Waals surface area contributed by atoms with Crippen LogP contribution >= 0.6 is 0 Å². The molecule has 2 rings (SSSR count). The van der Waals surface area contributed by atoms with Gasteiger partial charge in [0.1, 0.15) is 11.5 Å². The van der Waals surface area contributed by atoms with Gasteiger partial charge in [0.05, 0.1) is 4.90 Å². The lowest BCUT2D eigenvalue weighted by molar-refractivity contribution is 0.598. The maximum Gasteiger partial charge on any atom is 0.272 e. The van der Waals surface area contributed by atoms with E-state index in [1.165, 1.54) is 25.3 Å². The predicted molar refractivity (Wildman–Crippen MR) is 69.0 cm³/mol. The van der Waals surface area contributed by atoms with Crippen molar-refractivity contribution in [1.82, 2.24) is 4.98 Å². The van der Waals surface area contributed by atoms with Gasteiger partial charge in [-0.3, -0.25) is 9.52 Å². The molecule has 1 aromatic heterocycles. The van der Waals surface area contributed by atoms with E-state index in [1.807, 2.05) is 0 Å². The van der Waals surface area contributed by atoms with E-state index in [2.05, 4.69) is 9.71 Å². The Morgan fingerprint density at radius 1 is 1.26 bits per heavy atom. The van der Waals surface area contributed by atoms with Gasteiger partial charge in [-0.05, 0) is 42.8 Å². The van der Waals surface area contributed by atoms with Gasteiger partial charge in [-0.25, -0.2) is 12.8 Å². The molecule has 100 valence electrons. The highest BCUT2D eigenvalue weighted by molar-refractivity contribution is 7.92. The first-order chi connectivity index (χ1) is 8.90. The fourth-order valence-corrected chi connectivity index (χ4v) is 2.91. The molecule has 2 aromatic rings. The number of benzene rings is 1. The lowest BCUT2D eigenvalue weighted by Crippen LogP contribution is -2.20. The zero-order chi connectivity index (χ0) is 14.0. The fraction of sp³-hybridized carbons (Fsp3) is 0.0833. The van der Waals surface area contributed by atoms with Crippen LogP contribution in [-0.2, 0) is 10.0 Å². The topological polar surface area (TPSA) is 79.0 Å². The lowest BCUT2D eigenvalue weighted by atomic mass is 10.2. The Morgan fingerprint density at radius 3 is 2.63 bits per heavy atom. The number of aromatic nitrogens is 1. The molecule has 0 amide bonds. The number of rotatable bonds is 3. The third kappa shape index (κ3) is 2.82. The summed E-state index contributed by atoms with van der Waals surface area (Å²) in [5, 5.41) is 0. The molecule has 0 spiro atoms. The largest absolute Gasteiger partial charge is 0.327 e. The summed E-state index contributed by atoms with van der Waals surface area (Å²) < 4.78 is 39.3. The molecule has 1 heterocycles. The summed E-state index contributed by atoms with van der Waals surface area (Å²) in [7, 11) is -3.92. The van der Waals surface area contributed by atoms with Crippen molar-refractivity contribution in [3.63, 3.8) is 0 Å². The number of nitrogens with one attached hydrogen (secondary N) is 2. The van der Waals surface area contributed by atoms with E-state index < -0.39 is 21.4 Å². The monoisotopic (exact) mass is 282 g/mol. The zero-order valence-electron chi connectivity index (χ0n) is 9.98. The molecule has 0 saturated carbocycles. The van der Waals surface area contributed by atoms with Crippen molar-refractivity contribution in [2.24, 2.45) is 0 Å². The highest BCUT2D eigenvalue weighted by Crippen LogP contribution is 2.18. The molecule has 0 unspecified atom stereocenters. The van der Waals surface area contributed by atoms with Crippen molar-refractivity contribution in [2.45, 2.75) is 11.8 Å². The Labute approximate surface area is 109 Å². The van der Waals surface area contributed by atoms with Crippen LogP contribution < -0.4 is 10.3 Å². The Bertz CT molecular complexity index is 769. The van der Waals surface area contributed by atoms with Gasteiger partial charge in [-0.15, -0.1) is 0 Å². The molecule has 1 aromatic carbocycles. The second-order valence-corrected chi connectivity index (χ2v) is 5.58. The van der Waals surface area contributed by atoms with Gasteiger partial charge in [0.15, 0.2) is 0 Å². The molecule has 0 aliphatic carbocycles. The predicted octanol–water partition coefficient (Wildman–Crippen LogP) is 1.62. The van der Waals surface area contributed by atoms with Crippen LogP contribution in [0.15, 0.2) is 46.2 Å². The number of aryl methyl sites for hydroxylation is 1. The maximum absolute atomic E-state index is 13.0. The van der Waals surface area contributed by atoms with Crippen LogP contribution in [0.3, 0.4) is 0 Å². The first-order valence-electron chi connectivity index (χ1n) is 5.37. The number of hydrogen-bond acceptors (Lipinski definition) is 3. The summed E-state index contributed by atoms with van der Waals surface area (Å²) in [6.45, 7) is 1.48. The first kappa shape index (κ1) is 13.3. The standard InChI is InChI=1S/C12H11FN2O3S/c1-8-7-9(13)4-5-11(8)19(17,18)15-10-3-2-6-14-12(10)16/h2-7,15H,1H3,(H,14,16). The third-order valence-corrected chi connectivity index (χ3v) is 4.01. The number of pyridine rings is 1. The molecule has 0 atom stereocenters. The Morgan fingerprint density at radius 2 is 2.00 bits per heavy atom. The molecule has 7 heteroatoms. The quantitative estimate of drug-likeness (QED) is 0.898. The second kappa shape index (κ2) is 4.85. The second-order valence-electron chi connectivity index (χ2n) is 3.93. The SMILES string of the molecule is Cc1cc(F)ccc1S(=O)(=O)Nc1ccc[nH]c1=O. The minimum atomic E-state index is -3.92. The Hall–Kier alpha value is -2.15. The van der Waals surface area contributed by atoms with Crippen molar-refractivity contribution >= 4 is 15.7 Å². The summed E-state index contributed by atoms with van der Waals surface area (Å²) >= 11 is 0. The van der Waals surface area contributed by atoms with Crippen LogP contribution in [0.5, 0.6) is 0 Å². The number of aromatic amines is 1. The van der Waals surface area contributed by atoms with Crippen LogP contribution in [0.4, 0.5) is 10.1 Å². The fourth-order valence-electron chi connectivity index (χ4n) is 1.62. The molecular weight excluding hydrogens is 271 g/mol. The summed E-state index contributed by atoms with van der Waals surface area (Å²) in [5.41, 5.74) is -0.378. The van der Waals surface area contributed by atoms with E-state index >= 15 is 0 Å². The van der Waals surface area contributed by atoms with E-state index in [0.717, 1.165) is 18.2 Å². The lowest BCUT2D eigenvalue weighted by Gasteiger charge is -2.09. The van der Waals surface area contributed by atoms with Gasteiger partial charge in [0, 0.05) is 6.20 Å². The summed E-state index contributed by atoms with van der Waals surface area (Å²) in [6, 6.07) is 6.16. The van der Waals surface area contributed by atoms with Crippen molar-refractivity contribution in [3.8, 4) is 0 Å². The van der Waals surface area contributed by atoms with E-state index in [1.54, 1.807) is 0 Å². The maximum atomic E-state index is 13.0. The molecule has 0 radical (unpaired) electrons. The van der Waals surface area contributed by atoms with Crippen LogP contribution in [0.1, 0.15) is 5.56 Å².